The fraction of sp³-hybridized carbons (Fsp3) is 0.0417. The van der Waals surface area contributed by atoms with Crippen LogP contribution in [0.5, 0.6) is 5.75 Å². The Hall–Kier alpha value is -3.79. The quantitative estimate of drug-likeness (QED) is 0.485. The van der Waals surface area contributed by atoms with Crippen molar-refractivity contribution in [2.24, 2.45) is 0 Å². The molecular formula is C24H18N2O2. The molecular weight excluding hydrogens is 348 g/mol. The van der Waals surface area contributed by atoms with Crippen molar-refractivity contribution in [3.05, 3.63) is 95.7 Å². The lowest BCUT2D eigenvalue weighted by Gasteiger charge is -2.06. The molecule has 3 aromatic carbocycles. The fourth-order valence-corrected chi connectivity index (χ4v) is 3.51. The van der Waals surface area contributed by atoms with Crippen LogP contribution in [0, 0.1) is 0 Å². The second-order valence-corrected chi connectivity index (χ2v) is 6.78. The van der Waals surface area contributed by atoms with Crippen molar-refractivity contribution in [2.75, 3.05) is 5.32 Å². The Labute approximate surface area is 162 Å². The Morgan fingerprint density at radius 2 is 1.75 bits per heavy atom. The fourth-order valence-electron chi connectivity index (χ4n) is 3.51. The first-order valence-corrected chi connectivity index (χ1v) is 9.18. The molecule has 2 heterocycles. The largest absolute Gasteiger partial charge is 0.489 e. The van der Waals surface area contributed by atoms with Gasteiger partial charge in [-0.25, -0.2) is 0 Å². The van der Waals surface area contributed by atoms with Crippen molar-refractivity contribution in [1.29, 1.82) is 0 Å². The molecule has 2 N–H and O–H groups in total. The van der Waals surface area contributed by atoms with Gasteiger partial charge in [0.25, 0.3) is 5.91 Å². The van der Waals surface area contributed by atoms with Gasteiger partial charge in [0.05, 0.1) is 0 Å². The first kappa shape index (κ1) is 16.4. The molecule has 1 aromatic heterocycles. The third kappa shape index (κ3) is 2.95. The SMILES string of the molecule is O=C1Nc2ccccc2/C1=C/c1c[nH]c2ccc(OCc3ccccc3)cc12. The Kier molecular flexibility index (Phi) is 3.95. The molecule has 1 aliphatic rings. The third-order valence-electron chi connectivity index (χ3n) is 4.94. The number of aromatic amines is 1. The maximum absolute atomic E-state index is 12.4. The summed E-state index contributed by atoms with van der Waals surface area (Å²) in [5.41, 5.74) is 5.54. The number of hydrogen-bond donors (Lipinski definition) is 2. The first-order valence-electron chi connectivity index (χ1n) is 9.18. The van der Waals surface area contributed by atoms with Gasteiger partial charge < -0.3 is 15.0 Å². The topological polar surface area (TPSA) is 54.1 Å². The molecule has 0 aliphatic carbocycles. The van der Waals surface area contributed by atoms with E-state index in [2.05, 4.69) is 10.3 Å². The summed E-state index contributed by atoms with van der Waals surface area (Å²) >= 11 is 0. The molecule has 0 bridgehead atoms. The van der Waals surface area contributed by atoms with Crippen LogP contribution in [0.2, 0.25) is 0 Å². The lowest BCUT2D eigenvalue weighted by molar-refractivity contribution is -0.110. The lowest BCUT2D eigenvalue weighted by Crippen LogP contribution is -2.03. The minimum atomic E-state index is -0.0768. The summed E-state index contributed by atoms with van der Waals surface area (Å²) in [6.07, 6.45) is 3.85. The molecule has 4 heteroatoms. The standard InChI is InChI=1S/C24H18N2O2/c27-24-21(19-8-4-5-9-23(19)26-24)12-17-14-25-22-11-10-18(13-20(17)22)28-15-16-6-2-1-3-7-16/h1-14,25H,15H2,(H,26,27)/b21-12-. The molecule has 4 aromatic rings. The van der Waals surface area contributed by atoms with Gasteiger partial charge in [0.2, 0.25) is 0 Å². The van der Waals surface area contributed by atoms with Gasteiger partial charge in [-0.3, -0.25) is 4.79 Å². The van der Waals surface area contributed by atoms with E-state index in [1.807, 2.05) is 85.1 Å². The number of aromatic nitrogens is 1. The highest BCUT2D eigenvalue weighted by Crippen LogP contribution is 2.34. The van der Waals surface area contributed by atoms with Gasteiger partial charge in [0, 0.05) is 39.5 Å². The average molecular weight is 366 g/mol. The zero-order valence-electron chi connectivity index (χ0n) is 15.1. The highest BCUT2D eigenvalue weighted by atomic mass is 16.5. The van der Waals surface area contributed by atoms with E-state index in [0.717, 1.165) is 39.0 Å². The second-order valence-electron chi connectivity index (χ2n) is 6.78. The van der Waals surface area contributed by atoms with Crippen LogP contribution in [0.4, 0.5) is 5.69 Å². The summed E-state index contributed by atoms with van der Waals surface area (Å²) in [7, 11) is 0. The smallest absolute Gasteiger partial charge is 0.256 e. The molecule has 0 unspecified atom stereocenters. The summed E-state index contributed by atoms with van der Waals surface area (Å²) in [6.45, 7) is 0.517. The van der Waals surface area contributed by atoms with E-state index in [9.17, 15) is 4.79 Å². The predicted octanol–water partition coefficient (Wildman–Crippen LogP) is 5.24. The molecule has 1 amide bonds. The number of carbonyl (C=O) groups is 1. The van der Waals surface area contributed by atoms with E-state index in [-0.39, 0.29) is 5.91 Å². The average Bonchev–Trinajstić information content (AvgIpc) is 3.28. The minimum Gasteiger partial charge on any atom is -0.489 e. The number of anilines is 1. The van der Waals surface area contributed by atoms with Gasteiger partial charge in [-0.05, 0) is 35.9 Å². The number of benzene rings is 3. The summed E-state index contributed by atoms with van der Waals surface area (Å²) in [5.74, 6) is 0.721. The number of rotatable bonds is 4. The summed E-state index contributed by atoms with van der Waals surface area (Å²) in [6, 6.07) is 23.8. The monoisotopic (exact) mass is 366 g/mol. The lowest BCUT2D eigenvalue weighted by atomic mass is 10.0. The molecule has 5 rings (SSSR count). The minimum absolute atomic E-state index is 0.0768. The number of carbonyl (C=O) groups excluding carboxylic acids is 1. The Balaban J connectivity index is 1.48. The van der Waals surface area contributed by atoms with Crippen molar-refractivity contribution in [3.63, 3.8) is 0 Å². The molecule has 1 aliphatic heterocycles. The summed E-state index contributed by atoms with van der Waals surface area (Å²) in [5, 5.41) is 3.94. The highest BCUT2D eigenvalue weighted by molar-refractivity contribution is 6.35. The molecule has 4 nitrogen and oxygen atoms in total. The van der Waals surface area contributed by atoms with Crippen molar-refractivity contribution < 1.29 is 9.53 Å². The molecule has 0 spiro atoms. The molecule has 0 saturated carbocycles. The van der Waals surface area contributed by atoms with E-state index >= 15 is 0 Å². The molecule has 0 atom stereocenters. The van der Waals surface area contributed by atoms with Gasteiger partial charge in [-0.1, -0.05) is 48.5 Å². The van der Waals surface area contributed by atoms with E-state index in [1.54, 1.807) is 0 Å². The van der Waals surface area contributed by atoms with Crippen LogP contribution in [-0.4, -0.2) is 10.9 Å². The number of fused-ring (bicyclic) bond motifs is 2. The van der Waals surface area contributed by atoms with E-state index in [4.69, 9.17) is 4.74 Å². The van der Waals surface area contributed by atoms with Gasteiger partial charge in [-0.15, -0.1) is 0 Å². The van der Waals surface area contributed by atoms with Crippen LogP contribution >= 0.6 is 0 Å². The first-order chi connectivity index (χ1) is 13.8. The Morgan fingerprint density at radius 3 is 2.64 bits per heavy atom. The second kappa shape index (κ2) is 6.74. The number of hydrogen-bond acceptors (Lipinski definition) is 2. The Morgan fingerprint density at radius 1 is 0.929 bits per heavy atom. The summed E-state index contributed by atoms with van der Waals surface area (Å²) < 4.78 is 5.96. The number of ether oxygens (including phenoxy) is 1. The van der Waals surface area contributed by atoms with Gasteiger partial charge in [0.15, 0.2) is 0 Å². The molecule has 136 valence electrons. The molecule has 0 saturated heterocycles. The molecule has 0 radical (unpaired) electrons. The van der Waals surface area contributed by atoms with Crippen molar-refractivity contribution >= 4 is 34.1 Å². The van der Waals surface area contributed by atoms with Crippen molar-refractivity contribution in [1.82, 2.24) is 4.98 Å². The maximum Gasteiger partial charge on any atom is 0.256 e. The van der Waals surface area contributed by atoms with Crippen LogP contribution in [-0.2, 0) is 11.4 Å². The maximum atomic E-state index is 12.4. The van der Waals surface area contributed by atoms with Gasteiger partial charge >= 0.3 is 0 Å². The van der Waals surface area contributed by atoms with E-state index in [1.165, 1.54) is 0 Å². The predicted molar refractivity (Wildman–Crippen MR) is 112 cm³/mol. The number of amides is 1. The van der Waals surface area contributed by atoms with E-state index < -0.39 is 0 Å². The van der Waals surface area contributed by atoms with Crippen LogP contribution in [0.15, 0.2) is 79.0 Å². The highest BCUT2D eigenvalue weighted by Gasteiger charge is 2.23. The van der Waals surface area contributed by atoms with Crippen LogP contribution < -0.4 is 10.1 Å². The number of H-pyrrole nitrogens is 1. The normalized spacial score (nSPS) is 14.3. The zero-order valence-corrected chi connectivity index (χ0v) is 15.1. The van der Waals surface area contributed by atoms with Crippen LogP contribution in [0.1, 0.15) is 16.7 Å². The third-order valence-corrected chi connectivity index (χ3v) is 4.94. The van der Waals surface area contributed by atoms with Gasteiger partial charge in [-0.2, -0.15) is 0 Å². The molecule has 28 heavy (non-hydrogen) atoms. The Bertz CT molecular complexity index is 1210. The summed E-state index contributed by atoms with van der Waals surface area (Å²) in [4.78, 5) is 15.7. The number of nitrogens with one attached hydrogen (secondary N) is 2. The molecule has 0 fully saturated rings. The van der Waals surface area contributed by atoms with Gasteiger partial charge in [0.1, 0.15) is 12.4 Å². The van der Waals surface area contributed by atoms with Crippen LogP contribution in [0.3, 0.4) is 0 Å². The van der Waals surface area contributed by atoms with Crippen molar-refractivity contribution in [3.8, 4) is 5.75 Å². The van der Waals surface area contributed by atoms with Crippen molar-refractivity contribution in [2.45, 2.75) is 6.61 Å². The van der Waals surface area contributed by atoms with Crippen LogP contribution in [0.25, 0.3) is 22.6 Å². The van der Waals surface area contributed by atoms with E-state index in [0.29, 0.717) is 12.2 Å². The zero-order chi connectivity index (χ0) is 18.9. The number of para-hydroxylation sites is 1.